The van der Waals surface area contributed by atoms with Crippen molar-refractivity contribution < 1.29 is 18.8 Å². The number of aryl methyl sites for hydroxylation is 1. The van der Waals surface area contributed by atoms with E-state index in [-0.39, 0.29) is 29.6 Å². The van der Waals surface area contributed by atoms with Gasteiger partial charge in [0.2, 0.25) is 0 Å². The maximum absolute atomic E-state index is 13.2. The lowest BCUT2D eigenvalue weighted by Crippen LogP contribution is -2.26. The third kappa shape index (κ3) is 4.88. The van der Waals surface area contributed by atoms with E-state index in [9.17, 15) is 18.8 Å². The van der Waals surface area contributed by atoms with Crippen molar-refractivity contribution in [2.24, 2.45) is 0 Å². The van der Waals surface area contributed by atoms with Crippen LogP contribution in [0.15, 0.2) is 60.0 Å². The maximum Gasteiger partial charge on any atom is 0.265 e. The Bertz CT molecular complexity index is 1590. The van der Waals surface area contributed by atoms with Gasteiger partial charge >= 0.3 is 0 Å². The van der Waals surface area contributed by atoms with Crippen molar-refractivity contribution in [3.63, 3.8) is 0 Å². The summed E-state index contributed by atoms with van der Waals surface area (Å²) in [6.07, 6.45) is 1.73. The highest BCUT2D eigenvalue weighted by Crippen LogP contribution is 2.35. The lowest BCUT2D eigenvalue weighted by Gasteiger charge is -2.15. The predicted octanol–water partition coefficient (Wildman–Crippen LogP) is 6.07. The smallest absolute Gasteiger partial charge is 0.265 e. The van der Waals surface area contributed by atoms with E-state index in [1.807, 2.05) is 32.2 Å². The van der Waals surface area contributed by atoms with Crippen LogP contribution in [0, 0.1) is 19.7 Å². The van der Waals surface area contributed by atoms with Gasteiger partial charge < -0.3 is 20.9 Å². The number of anilines is 2. The Hall–Kier alpha value is -4.50. The van der Waals surface area contributed by atoms with Crippen molar-refractivity contribution in [2.75, 3.05) is 10.6 Å². The zero-order valence-corrected chi connectivity index (χ0v) is 21.8. The number of amides is 3. The number of nitrogens with one attached hydrogen (secondary N) is 4. The van der Waals surface area contributed by atoms with Gasteiger partial charge in [-0.25, -0.2) is 4.39 Å². The molecule has 4 aromatic rings. The van der Waals surface area contributed by atoms with E-state index in [0.717, 1.165) is 16.8 Å². The summed E-state index contributed by atoms with van der Waals surface area (Å²) in [6.45, 7) is 5.54. The minimum absolute atomic E-state index is 0.195. The average Bonchev–Trinajstić information content (AvgIpc) is 3.60. The fraction of sp³-hybridized carbons (Fsp3) is 0.138. The minimum Gasteiger partial charge on any atom is -0.357 e. The molecule has 2 aromatic carbocycles. The van der Waals surface area contributed by atoms with Gasteiger partial charge in [-0.15, -0.1) is 11.3 Å². The Kier molecular flexibility index (Phi) is 6.69. The molecule has 9 heteroatoms. The van der Waals surface area contributed by atoms with Crippen LogP contribution in [-0.2, 0) is 4.79 Å². The molecule has 1 aliphatic rings. The molecule has 0 aliphatic carbocycles. The van der Waals surface area contributed by atoms with Crippen molar-refractivity contribution in [2.45, 2.75) is 26.8 Å². The molecule has 5 rings (SSSR count). The molecule has 38 heavy (non-hydrogen) atoms. The molecule has 0 bridgehead atoms. The summed E-state index contributed by atoms with van der Waals surface area (Å²) < 4.78 is 13.2. The zero-order chi connectivity index (χ0) is 27.0. The Morgan fingerprint density at radius 2 is 1.82 bits per heavy atom. The summed E-state index contributed by atoms with van der Waals surface area (Å²) in [7, 11) is 0. The number of hydrogen-bond donors (Lipinski definition) is 4. The molecule has 1 aliphatic heterocycles. The monoisotopic (exact) mass is 528 g/mol. The van der Waals surface area contributed by atoms with E-state index in [4.69, 9.17) is 0 Å². The number of halogens is 1. The SMILES string of the molecule is Cc1[nH]c(/C=C2\C(=O)Nc3ccc(C(=O)N[C@H](C)c4ccc(F)cc4)cc32)c(C)c1NC(=O)c1cccs1. The topological polar surface area (TPSA) is 103 Å². The van der Waals surface area contributed by atoms with Crippen LogP contribution in [0.2, 0.25) is 0 Å². The highest BCUT2D eigenvalue weighted by atomic mass is 32.1. The molecule has 0 saturated heterocycles. The van der Waals surface area contributed by atoms with Crippen LogP contribution in [0.3, 0.4) is 0 Å². The molecule has 7 nitrogen and oxygen atoms in total. The third-order valence-electron chi connectivity index (χ3n) is 6.53. The van der Waals surface area contributed by atoms with Crippen LogP contribution in [-0.4, -0.2) is 22.7 Å². The van der Waals surface area contributed by atoms with Gasteiger partial charge in [0.15, 0.2) is 0 Å². The van der Waals surface area contributed by atoms with Crippen LogP contribution in [0.1, 0.15) is 61.1 Å². The fourth-order valence-corrected chi connectivity index (χ4v) is 5.04. The first-order valence-corrected chi connectivity index (χ1v) is 12.9. The first kappa shape index (κ1) is 25.2. The van der Waals surface area contributed by atoms with E-state index in [0.29, 0.717) is 38.6 Å². The summed E-state index contributed by atoms with van der Waals surface area (Å²) in [6, 6.07) is 14.2. The number of aromatic amines is 1. The lowest BCUT2D eigenvalue weighted by molar-refractivity contribution is -0.110. The highest BCUT2D eigenvalue weighted by molar-refractivity contribution is 7.12. The Morgan fingerprint density at radius 3 is 2.53 bits per heavy atom. The second-order valence-electron chi connectivity index (χ2n) is 9.11. The second kappa shape index (κ2) is 10.1. The van der Waals surface area contributed by atoms with Crippen LogP contribution in [0.5, 0.6) is 0 Å². The standard InChI is InChI=1S/C29H25FN4O3S/c1-15-24(31-17(3)26(15)34-29(37)25-5-4-12-38-25)14-22-21-13-19(8-11-23(21)33-28(22)36)27(35)32-16(2)18-6-9-20(30)10-7-18/h4-14,16,31H,1-3H3,(H,32,35)(H,33,36)(H,34,37)/b22-14-/t16-/m1/s1. The van der Waals surface area contributed by atoms with Crippen molar-refractivity contribution >= 4 is 52.1 Å². The fourth-order valence-electron chi connectivity index (χ4n) is 4.42. The molecule has 3 amide bonds. The van der Waals surface area contributed by atoms with Crippen molar-refractivity contribution in [3.8, 4) is 0 Å². The van der Waals surface area contributed by atoms with Gasteiger partial charge in [0.1, 0.15) is 5.82 Å². The molecule has 0 spiro atoms. The number of rotatable bonds is 6. The molecular weight excluding hydrogens is 503 g/mol. The molecule has 4 N–H and O–H groups in total. The Labute approximate surface area is 222 Å². The molecule has 2 aromatic heterocycles. The minimum atomic E-state index is -0.341. The van der Waals surface area contributed by atoms with E-state index >= 15 is 0 Å². The number of H-pyrrole nitrogens is 1. The van der Waals surface area contributed by atoms with Gasteiger partial charge in [0.05, 0.1) is 22.2 Å². The largest absolute Gasteiger partial charge is 0.357 e. The van der Waals surface area contributed by atoms with Gasteiger partial charge in [-0.05, 0) is 79.8 Å². The van der Waals surface area contributed by atoms with E-state index < -0.39 is 0 Å². The van der Waals surface area contributed by atoms with Gasteiger partial charge in [-0.2, -0.15) is 0 Å². The number of thiophene rings is 1. The van der Waals surface area contributed by atoms with Crippen LogP contribution >= 0.6 is 11.3 Å². The van der Waals surface area contributed by atoms with Crippen LogP contribution < -0.4 is 16.0 Å². The predicted molar refractivity (Wildman–Crippen MR) is 148 cm³/mol. The summed E-state index contributed by atoms with van der Waals surface area (Å²) in [5, 5.41) is 10.6. The number of aromatic nitrogens is 1. The van der Waals surface area contributed by atoms with Gasteiger partial charge in [0, 0.05) is 28.2 Å². The highest BCUT2D eigenvalue weighted by Gasteiger charge is 2.27. The number of carbonyl (C=O) groups excluding carboxylic acids is 3. The normalized spacial score (nSPS) is 14.2. The molecule has 0 saturated carbocycles. The quantitative estimate of drug-likeness (QED) is 0.229. The van der Waals surface area contributed by atoms with Gasteiger partial charge in [-0.3, -0.25) is 14.4 Å². The molecule has 0 radical (unpaired) electrons. The molecule has 1 atom stereocenters. The van der Waals surface area contributed by atoms with Crippen molar-refractivity contribution in [1.29, 1.82) is 0 Å². The first-order chi connectivity index (χ1) is 18.2. The zero-order valence-electron chi connectivity index (χ0n) is 20.9. The summed E-state index contributed by atoms with van der Waals surface area (Å²) in [5.74, 6) is -1.13. The molecule has 0 unspecified atom stereocenters. The summed E-state index contributed by atoms with van der Waals surface area (Å²) >= 11 is 1.36. The first-order valence-electron chi connectivity index (χ1n) is 12.0. The average molecular weight is 529 g/mol. The van der Waals surface area contributed by atoms with Gasteiger partial charge in [0.25, 0.3) is 17.7 Å². The lowest BCUT2D eigenvalue weighted by atomic mass is 10.0. The third-order valence-corrected chi connectivity index (χ3v) is 7.40. The van der Waals surface area contributed by atoms with Crippen LogP contribution in [0.25, 0.3) is 11.6 Å². The number of hydrogen-bond acceptors (Lipinski definition) is 4. The Morgan fingerprint density at radius 1 is 1.05 bits per heavy atom. The summed E-state index contributed by atoms with van der Waals surface area (Å²) in [4.78, 5) is 42.3. The van der Waals surface area contributed by atoms with E-state index in [1.165, 1.54) is 23.5 Å². The van der Waals surface area contributed by atoms with Crippen LogP contribution in [0.4, 0.5) is 15.8 Å². The molecular formula is C29H25FN4O3S. The molecule has 192 valence electrons. The van der Waals surface area contributed by atoms with Crippen molar-refractivity contribution in [3.05, 3.63) is 104 Å². The molecule has 0 fully saturated rings. The molecule has 3 heterocycles. The second-order valence-corrected chi connectivity index (χ2v) is 10.1. The Balaban J connectivity index is 1.40. The maximum atomic E-state index is 13.2. The number of benzene rings is 2. The summed E-state index contributed by atoms with van der Waals surface area (Å²) in [5.41, 5.74) is 5.69. The number of carbonyl (C=O) groups is 3. The van der Waals surface area contributed by atoms with Gasteiger partial charge in [-0.1, -0.05) is 18.2 Å². The van der Waals surface area contributed by atoms with E-state index in [1.54, 1.807) is 42.5 Å². The van der Waals surface area contributed by atoms with Crippen molar-refractivity contribution in [1.82, 2.24) is 10.3 Å². The van der Waals surface area contributed by atoms with E-state index in [2.05, 4.69) is 20.9 Å². The number of fused-ring (bicyclic) bond motifs is 1.